The summed E-state index contributed by atoms with van der Waals surface area (Å²) in [7, 11) is 1.54. The number of carbonyl (C=O) groups is 1. The molecule has 0 heterocycles. The Balaban J connectivity index is 4.52. The van der Waals surface area contributed by atoms with Crippen molar-refractivity contribution in [2.45, 2.75) is 180 Å². The zero-order valence-corrected chi connectivity index (χ0v) is 34.0. The highest BCUT2D eigenvalue weighted by molar-refractivity contribution is 7.47. The molecule has 294 valence electrons. The zero-order valence-electron chi connectivity index (χ0n) is 33.1. The summed E-state index contributed by atoms with van der Waals surface area (Å²) >= 11 is 0. The van der Waals surface area contributed by atoms with E-state index in [-0.39, 0.29) is 19.1 Å². The first-order valence-electron chi connectivity index (χ1n) is 20.4. The fourth-order valence-electron chi connectivity index (χ4n) is 5.51. The zero-order chi connectivity index (χ0) is 37.2. The number of likely N-dealkylation sites (N-methyl/N-ethyl adjacent to an activating group) is 1. The van der Waals surface area contributed by atoms with E-state index in [0.717, 1.165) is 57.8 Å². The molecule has 3 atom stereocenters. The number of hydrogen-bond donors (Lipinski definition) is 3. The maximum Gasteiger partial charge on any atom is 0.472 e. The smallest absolute Gasteiger partial charge is 0.387 e. The molecule has 50 heavy (non-hydrogen) atoms. The minimum Gasteiger partial charge on any atom is -0.387 e. The fraction of sp³-hybridized carbons (Fsp3) is 0.829. The molecule has 0 saturated carbocycles. The van der Waals surface area contributed by atoms with Crippen molar-refractivity contribution in [3.8, 4) is 0 Å². The van der Waals surface area contributed by atoms with E-state index in [1.54, 1.807) is 6.08 Å². The van der Waals surface area contributed by atoms with Crippen molar-refractivity contribution < 1.29 is 32.9 Å². The predicted octanol–water partition coefficient (Wildman–Crippen LogP) is 10.7. The predicted molar refractivity (Wildman–Crippen MR) is 212 cm³/mol. The quantitative estimate of drug-likeness (QED) is 0.0257. The first kappa shape index (κ1) is 48.7. The third kappa shape index (κ3) is 35.1. The van der Waals surface area contributed by atoms with Crippen molar-refractivity contribution in [2.24, 2.45) is 0 Å². The molecule has 0 fully saturated rings. The number of allylic oxidation sites excluding steroid dienone is 5. The normalized spacial score (nSPS) is 14.9. The lowest BCUT2D eigenvalue weighted by atomic mass is 10.0. The summed E-state index contributed by atoms with van der Waals surface area (Å²) < 4.78 is 23.4. The highest BCUT2D eigenvalue weighted by atomic mass is 31.2. The van der Waals surface area contributed by atoms with Crippen molar-refractivity contribution in [3.05, 3.63) is 36.5 Å². The van der Waals surface area contributed by atoms with Crippen LogP contribution in [0.4, 0.5) is 0 Å². The standard InChI is InChI=1S/C41H79N2O6P/c1-6-8-10-12-14-16-18-19-20-21-22-23-24-25-26-28-30-32-34-40(44)39(38-49-50(46,47)48-37-36-43(3,4)5)42-41(45)35-33-31-29-27-17-15-13-11-9-7-2/h13,15,25-26,32,34,39-40,44H,6-12,14,16-24,27-31,33,35-38H2,1-5H3,(H-,42,45,46,47)/p+1/b15-13-,26-25+,34-32+. The van der Waals surface area contributed by atoms with Gasteiger partial charge in [-0.1, -0.05) is 147 Å². The first-order chi connectivity index (χ1) is 24.0. The molecule has 0 saturated heterocycles. The van der Waals surface area contributed by atoms with Gasteiger partial charge in [-0.25, -0.2) is 4.57 Å². The number of carbonyl (C=O) groups excluding carboxylic acids is 1. The van der Waals surface area contributed by atoms with Gasteiger partial charge in [0.2, 0.25) is 5.91 Å². The molecule has 0 rings (SSSR count). The molecule has 0 bridgehead atoms. The second-order valence-electron chi connectivity index (χ2n) is 15.0. The Morgan fingerprint density at radius 1 is 0.660 bits per heavy atom. The van der Waals surface area contributed by atoms with Crippen LogP contribution in [0.1, 0.15) is 168 Å². The Morgan fingerprint density at radius 3 is 1.66 bits per heavy atom. The average Bonchev–Trinajstić information content (AvgIpc) is 3.06. The SMILES string of the molecule is CCCC/C=C\CCCCCCC(=O)NC(COP(=O)(O)OCC[N+](C)(C)C)C(O)/C=C/CC/C=C/CCCCCCCCCCCCCC. The van der Waals surface area contributed by atoms with Gasteiger partial charge in [0.05, 0.1) is 39.9 Å². The van der Waals surface area contributed by atoms with Crippen LogP contribution in [0.25, 0.3) is 0 Å². The van der Waals surface area contributed by atoms with Crippen molar-refractivity contribution in [3.63, 3.8) is 0 Å². The van der Waals surface area contributed by atoms with Gasteiger partial charge in [-0.05, 0) is 51.4 Å². The number of aliphatic hydroxyl groups excluding tert-OH is 1. The van der Waals surface area contributed by atoms with Crippen molar-refractivity contribution >= 4 is 13.7 Å². The summed E-state index contributed by atoms with van der Waals surface area (Å²) in [6, 6.07) is -0.865. The molecule has 3 N–H and O–H groups in total. The van der Waals surface area contributed by atoms with E-state index >= 15 is 0 Å². The van der Waals surface area contributed by atoms with Crippen LogP contribution in [0.2, 0.25) is 0 Å². The monoisotopic (exact) mass is 728 g/mol. The van der Waals surface area contributed by atoms with Crippen LogP contribution >= 0.6 is 7.82 Å². The number of phosphoric acid groups is 1. The number of amides is 1. The molecular formula is C41H80N2O6P+. The van der Waals surface area contributed by atoms with E-state index in [2.05, 4.69) is 43.5 Å². The molecule has 0 aromatic carbocycles. The van der Waals surface area contributed by atoms with Crippen LogP contribution in [0.5, 0.6) is 0 Å². The summed E-state index contributed by atoms with van der Waals surface area (Å²) in [5.41, 5.74) is 0. The maximum absolute atomic E-state index is 12.8. The number of hydrogen-bond acceptors (Lipinski definition) is 5. The van der Waals surface area contributed by atoms with Crippen molar-refractivity contribution in [1.82, 2.24) is 5.32 Å². The number of phosphoric ester groups is 1. The maximum atomic E-state index is 12.8. The summed E-state index contributed by atoms with van der Waals surface area (Å²) in [5.74, 6) is -0.204. The molecule has 0 aromatic rings. The van der Waals surface area contributed by atoms with Gasteiger partial charge in [0.1, 0.15) is 13.2 Å². The summed E-state index contributed by atoms with van der Waals surface area (Å²) in [5, 5.41) is 13.7. The van der Waals surface area contributed by atoms with Crippen molar-refractivity contribution in [1.29, 1.82) is 0 Å². The molecule has 0 radical (unpaired) electrons. The lowest BCUT2D eigenvalue weighted by Crippen LogP contribution is -2.45. The number of aliphatic hydroxyl groups is 1. The lowest BCUT2D eigenvalue weighted by Gasteiger charge is -2.25. The van der Waals surface area contributed by atoms with Gasteiger partial charge in [0, 0.05) is 6.42 Å². The molecule has 1 amide bonds. The van der Waals surface area contributed by atoms with Crippen LogP contribution < -0.4 is 5.32 Å². The molecule has 0 aliphatic heterocycles. The van der Waals surface area contributed by atoms with Gasteiger partial charge < -0.3 is 19.8 Å². The summed E-state index contributed by atoms with van der Waals surface area (Å²) in [4.78, 5) is 23.0. The largest absolute Gasteiger partial charge is 0.472 e. The van der Waals surface area contributed by atoms with Gasteiger partial charge in [0.15, 0.2) is 0 Å². The molecule has 8 nitrogen and oxygen atoms in total. The van der Waals surface area contributed by atoms with E-state index in [9.17, 15) is 19.4 Å². The Labute approximate surface area is 308 Å². The third-order valence-electron chi connectivity index (χ3n) is 8.83. The second kappa shape index (κ2) is 33.5. The van der Waals surface area contributed by atoms with E-state index in [0.29, 0.717) is 17.4 Å². The first-order valence-corrected chi connectivity index (χ1v) is 21.9. The highest BCUT2D eigenvalue weighted by Gasteiger charge is 2.27. The second-order valence-corrected chi connectivity index (χ2v) is 16.5. The van der Waals surface area contributed by atoms with Gasteiger partial charge in [-0.15, -0.1) is 0 Å². The van der Waals surface area contributed by atoms with Crippen molar-refractivity contribution in [2.75, 3.05) is 40.9 Å². The summed E-state index contributed by atoms with van der Waals surface area (Å²) in [6.07, 6.45) is 39.3. The molecular weight excluding hydrogens is 647 g/mol. The third-order valence-corrected chi connectivity index (χ3v) is 9.82. The van der Waals surface area contributed by atoms with Gasteiger partial charge in [-0.3, -0.25) is 13.8 Å². The highest BCUT2D eigenvalue weighted by Crippen LogP contribution is 2.43. The molecule has 3 unspecified atom stereocenters. The van der Waals surface area contributed by atoms with Crippen LogP contribution in [0.3, 0.4) is 0 Å². The minimum atomic E-state index is -4.34. The Hall–Kier alpha value is -1.28. The van der Waals surface area contributed by atoms with E-state index in [4.69, 9.17) is 9.05 Å². The Bertz CT molecular complexity index is 917. The van der Waals surface area contributed by atoms with Crippen LogP contribution in [-0.2, 0) is 18.4 Å². The molecule has 9 heteroatoms. The lowest BCUT2D eigenvalue weighted by molar-refractivity contribution is -0.870. The van der Waals surface area contributed by atoms with Crippen LogP contribution in [-0.4, -0.2) is 73.4 Å². The Morgan fingerprint density at radius 2 is 1.12 bits per heavy atom. The number of rotatable bonds is 36. The minimum absolute atomic E-state index is 0.0537. The van der Waals surface area contributed by atoms with E-state index in [1.807, 2.05) is 27.2 Å². The molecule has 0 spiro atoms. The van der Waals surface area contributed by atoms with Crippen LogP contribution in [0, 0.1) is 0 Å². The number of quaternary nitrogens is 1. The van der Waals surface area contributed by atoms with Gasteiger partial charge >= 0.3 is 7.82 Å². The molecule has 0 aromatic heterocycles. The molecule has 0 aliphatic rings. The topological polar surface area (TPSA) is 105 Å². The number of unbranched alkanes of at least 4 members (excludes halogenated alkanes) is 19. The average molecular weight is 728 g/mol. The number of nitrogens with zero attached hydrogens (tertiary/aromatic N) is 1. The number of nitrogens with one attached hydrogen (secondary N) is 1. The van der Waals surface area contributed by atoms with Gasteiger partial charge in [0.25, 0.3) is 0 Å². The van der Waals surface area contributed by atoms with Crippen LogP contribution in [0.15, 0.2) is 36.5 Å². The fourth-order valence-corrected chi connectivity index (χ4v) is 6.24. The van der Waals surface area contributed by atoms with Gasteiger partial charge in [-0.2, -0.15) is 0 Å². The van der Waals surface area contributed by atoms with E-state index < -0.39 is 20.0 Å². The summed E-state index contributed by atoms with van der Waals surface area (Å²) in [6.45, 7) is 4.72. The van der Waals surface area contributed by atoms with E-state index in [1.165, 1.54) is 89.9 Å². The Kier molecular flexibility index (Phi) is 32.7. The molecule has 0 aliphatic carbocycles.